The van der Waals surface area contributed by atoms with Crippen molar-refractivity contribution in [2.24, 2.45) is 0 Å². The van der Waals surface area contributed by atoms with Crippen molar-refractivity contribution in [3.05, 3.63) is 29.6 Å². The van der Waals surface area contributed by atoms with Gasteiger partial charge < -0.3 is 0 Å². The summed E-state index contributed by atoms with van der Waals surface area (Å²) in [5, 5.41) is 0. The fourth-order valence-corrected chi connectivity index (χ4v) is 0.559. The maximum absolute atomic E-state index is 3.81. The Hall–Kier alpha value is -0.440. The molecular weight excluding hydrogens is 168 g/mol. The van der Waals surface area contributed by atoms with Crippen LogP contribution in [-0.2, 0) is 0 Å². The highest BCUT2D eigenvalue weighted by Crippen LogP contribution is 2.08. The Balaban J connectivity index is 3.13. The van der Waals surface area contributed by atoms with Gasteiger partial charge in [-0.05, 0) is 22.9 Å². The Morgan fingerprint density at radius 2 is 2.38 bits per heavy atom. The molecule has 0 fully saturated rings. The molecule has 2 nitrogen and oxygen atoms in total. The van der Waals surface area contributed by atoms with Gasteiger partial charge in [-0.1, -0.05) is 0 Å². The fourth-order valence-electron chi connectivity index (χ4n) is 0.338. The summed E-state index contributed by atoms with van der Waals surface area (Å²) in [6.07, 6.45) is 3.13. The van der Waals surface area contributed by atoms with Gasteiger partial charge in [-0.25, -0.2) is 9.97 Å². The van der Waals surface area contributed by atoms with E-state index in [0.717, 1.165) is 10.2 Å². The van der Waals surface area contributed by atoms with E-state index in [1.54, 1.807) is 6.20 Å². The zero-order chi connectivity index (χ0) is 5.98. The molecule has 0 saturated heterocycles. The summed E-state index contributed by atoms with van der Waals surface area (Å²) in [4.78, 5) is 7.56. The first-order valence-electron chi connectivity index (χ1n) is 2.08. The van der Waals surface area contributed by atoms with Crippen LogP contribution in [-0.4, -0.2) is 9.97 Å². The summed E-state index contributed by atoms with van der Waals surface area (Å²) in [7, 11) is 0. The molecule has 1 rings (SSSR count). The highest BCUT2D eigenvalue weighted by molar-refractivity contribution is 9.10. The van der Waals surface area contributed by atoms with Crippen LogP contribution < -0.4 is 0 Å². The molecular formula is C5H4BrN2. The number of aromatic nitrogens is 2. The van der Waals surface area contributed by atoms with E-state index >= 15 is 0 Å². The van der Waals surface area contributed by atoms with Crippen LogP contribution in [0.3, 0.4) is 0 Å². The quantitative estimate of drug-likeness (QED) is 0.591. The molecule has 1 aromatic heterocycles. The molecule has 0 aromatic carbocycles. The lowest BCUT2D eigenvalue weighted by atomic mass is 10.5. The van der Waals surface area contributed by atoms with Crippen molar-refractivity contribution in [1.29, 1.82) is 0 Å². The minimum atomic E-state index is 0.722. The van der Waals surface area contributed by atoms with Crippen LogP contribution in [0.5, 0.6) is 0 Å². The van der Waals surface area contributed by atoms with Gasteiger partial charge in [0.1, 0.15) is 6.33 Å². The lowest BCUT2D eigenvalue weighted by molar-refractivity contribution is 1.12. The molecule has 3 heteroatoms. The summed E-state index contributed by atoms with van der Waals surface area (Å²) < 4.78 is 0.847. The van der Waals surface area contributed by atoms with E-state index in [1.165, 1.54) is 6.33 Å². The van der Waals surface area contributed by atoms with Gasteiger partial charge in [-0.3, -0.25) is 0 Å². The third kappa shape index (κ3) is 1.04. The summed E-state index contributed by atoms with van der Waals surface area (Å²) in [5.41, 5.74) is 0.722. The first-order valence-corrected chi connectivity index (χ1v) is 2.87. The van der Waals surface area contributed by atoms with E-state index in [2.05, 4.69) is 32.8 Å². The summed E-state index contributed by atoms with van der Waals surface area (Å²) >= 11 is 3.21. The molecule has 0 amide bonds. The van der Waals surface area contributed by atoms with Gasteiger partial charge in [0.05, 0.1) is 10.2 Å². The van der Waals surface area contributed by atoms with Gasteiger partial charge in [-0.15, -0.1) is 0 Å². The zero-order valence-corrected chi connectivity index (χ0v) is 5.72. The van der Waals surface area contributed by atoms with Crippen molar-refractivity contribution in [3.8, 4) is 0 Å². The number of hydrogen-bond acceptors (Lipinski definition) is 2. The van der Waals surface area contributed by atoms with Crippen LogP contribution in [0.15, 0.2) is 17.0 Å². The van der Waals surface area contributed by atoms with Gasteiger partial charge >= 0.3 is 0 Å². The SMILES string of the molecule is [CH2]c1ncncc1Br. The normalized spacial score (nSPS) is 9.25. The van der Waals surface area contributed by atoms with Crippen LogP contribution in [0, 0.1) is 6.92 Å². The van der Waals surface area contributed by atoms with Crippen LogP contribution in [0.25, 0.3) is 0 Å². The average Bonchev–Trinajstić information content (AvgIpc) is 1.77. The monoisotopic (exact) mass is 171 g/mol. The van der Waals surface area contributed by atoms with Crippen molar-refractivity contribution in [3.63, 3.8) is 0 Å². The second-order valence-corrected chi connectivity index (χ2v) is 2.17. The van der Waals surface area contributed by atoms with E-state index in [9.17, 15) is 0 Å². The topological polar surface area (TPSA) is 25.8 Å². The second kappa shape index (κ2) is 2.22. The van der Waals surface area contributed by atoms with Crippen molar-refractivity contribution >= 4 is 15.9 Å². The standard InChI is InChI=1S/C5H4BrN2/c1-4-5(6)2-7-3-8-4/h2-3H,1H2. The van der Waals surface area contributed by atoms with E-state index in [0.29, 0.717) is 0 Å². The molecule has 0 N–H and O–H groups in total. The average molecular weight is 172 g/mol. The Kier molecular flexibility index (Phi) is 1.58. The minimum absolute atomic E-state index is 0.722. The molecule has 0 saturated carbocycles. The van der Waals surface area contributed by atoms with Crippen LogP contribution in [0.1, 0.15) is 5.69 Å². The number of nitrogens with zero attached hydrogens (tertiary/aromatic N) is 2. The molecule has 0 aliphatic carbocycles. The molecule has 1 heterocycles. The smallest absolute Gasteiger partial charge is 0.115 e. The summed E-state index contributed by atoms with van der Waals surface area (Å²) in [5.74, 6) is 0. The zero-order valence-electron chi connectivity index (χ0n) is 4.13. The van der Waals surface area contributed by atoms with E-state index < -0.39 is 0 Å². The van der Waals surface area contributed by atoms with Gasteiger partial charge in [-0.2, -0.15) is 0 Å². The number of rotatable bonds is 0. The number of halogens is 1. The summed E-state index contributed by atoms with van der Waals surface area (Å²) in [6.45, 7) is 3.62. The molecule has 1 radical (unpaired) electrons. The lowest BCUT2D eigenvalue weighted by Crippen LogP contribution is -1.81. The van der Waals surface area contributed by atoms with Gasteiger partial charge in [0, 0.05) is 6.20 Å². The van der Waals surface area contributed by atoms with Gasteiger partial charge in [0.2, 0.25) is 0 Å². The predicted octanol–water partition coefficient (Wildman–Crippen LogP) is 1.42. The van der Waals surface area contributed by atoms with Gasteiger partial charge in [0.15, 0.2) is 0 Å². The largest absolute Gasteiger partial charge is 0.244 e. The highest BCUT2D eigenvalue weighted by Gasteiger charge is 1.89. The molecule has 41 valence electrons. The lowest BCUT2D eigenvalue weighted by Gasteiger charge is -1.89. The molecule has 0 aliphatic rings. The summed E-state index contributed by atoms with van der Waals surface area (Å²) in [6, 6.07) is 0. The third-order valence-corrected chi connectivity index (χ3v) is 1.41. The Labute approximate surface area is 56.1 Å². The predicted molar refractivity (Wildman–Crippen MR) is 34.2 cm³/mol. The van der Waals surface area contributed by atoms with Crippen molar-refractivity contribution in [1.82, 2.24) is 9.97 Å². The molecule has 1 aromatic rings. The van der Waals surface area contributed by atoms with Gasteiger partial charge in [0.25, 0.3) is 0 Å². The Morgan fingerprint density at radius 3 is 2.75 bits per heavy atom. The first kappa shape index (κ1) is 5.69. The maximum atomic E-state index is 3.81. The third-order valence-electron chi connectivity index (χ3n) is 0.744. The van der Waals surface area contributed by atoms with E-state index in [1.807, 2.05) is 0 Å². The number of hydrogen-bond donors (Lipinski definition) is 0. The van der Waals surface area contributed by atoms with Crippen molar-refractivity contribution in [2.45, 2.75) is 0 Å². The highest BCUT2D eigenvalue weighted by atomic mass is 79.9. The molecule has 0 unspecified atom stereocenters. The Bertz CT molecular complexity index is 167. The van der Waals surface area contributed by atoms with Crippen LogP contribution in [0.4, 0.5) is 0 Å². The van der Waals surface area contributed by atoms with Crippen LogP contribution >= 0.6 is 15.9 Å². The Morgan fingerprint density at radius 1 is 1.62 bits per heavy atom. The van der Waals surface area contributed by atoms with Crippen molar-refractivity contribution in [2.75, 3.05) is 0 Å². The maximum Gasteiger partial charge on any atom is 0.115 e. The van der Waals surface area contributed by atoms with Crippen molar-refractivity contribution < 1.29 is 0 Å². The first-order chi connectivity index (χ1) is 3.80. The molecule has 0 bridgehead atoms. The molecule has 0 spiro atoms. The molecule has 8 heavy (non-hydrogen) atoms. The fraction of sp³-hybridized carbons (Fsp3) is 0. The molecule has 0 aliphatic heterocycles. The minimum Gasteiger partial charge on any atom is -0.244 e. The second-order valence-electron chi connectivity index (χ2n) is 1.32. The molecule has 0 atom stereocenters. The van der Waals surface area contributed by atoms with E-state index in [-0.39, 0.29) is 0 Å². The van der Waals surface area contributed by atoms with Crippen LogP contribution in [0.2, 0.25) is 0 Å². The van der Waals surface area contributed by atoms with E-state index in [4.69, 9.17) is 0 Å².